The van der Waals surface area contributed by atoms with E-state index >= 15 is 0 Å². The van der Waals surface area contributed by atoms with Crippen molar-refractivity contribution in [3.8, 4) is 5.75 Å². The molecule has 0 heterocycles. The van der Waals surface area contributed by atoms with Crippen LogP contribution in [0.15, 0.2) is 30.4 Å². The van der Waals surface area contributed by atoms with Crippen LogP contribution in [-0.4, -0.2) is 12.9 Å². The first-order valence-corrected chi connectivity index (χ1v) is 7.21. The fourth-order valence-corrected chi connectivity index (χ4v) is 2.53. The third-order valence-corrected chi connectivity index (χ3v) is 4.01. The molecule has 1 aromatic rings. The molecule has 0 bridgehead atoms. The van der Waals surface area contributed by atoms with Gasteiger partial charge in [-0.05, 0) is 49.4 Å². The number of benzene rings is 1. The molecule has 2 nitrogen and oxygen atoms in total. The number of carbonyl (C=O) groups excluding carboxylic acids is 1. The predicted molar refractivity (Wildman–Crippen MR) is 82.6 cm³/mol. The second-order valence-corrected chi connectivity index (χ2v) is 5.29. The van der Waals surface area contributed by atoms with Crippen molar-refractivity contribution in [2.75, 3.05) is 6.61 Å². The number of aldehydes is 1. The van der Waals surface area contributed by atoms with E-state index < -0.39 is 0 Å². The highest BCUT2D eigenvalue weighted by Gasteiger charge is 2.13. The average Bonchev–Trinajstić information content (AvgIpc) is 2.49. The Kier molecular flexibility index (Phi) is 4.78. The monoisotopic (exact) mass is 270 g/mol. The standard InChI is InChI=1S/C18H22O2/c1-4-16-10-18(14(3)13(2)17(16)11-19)20-12-15-8-6-5-7-9-15/h5-8,10-11,15H,4,9,12H2,1-3H3/t15-/m0/s1. The Bertz CT molecular complexity index is 553. The molecule has 2 rings (SSSR count). The van der Waals surface area contributed by atoms with Crippen molar-refractivity contribution in [3.63, 3.8) is 0 Å². The van der Waals surface area contributed by atoms with Crippen molar-refractivity contribution in [1.29, 1.82) is 0 Å². The van der Waals surface area contributed by atoms with E-state index in [1.807, 2.05) is 19.9 Å². The predicted octanol–water partition coefficient (Wildman–Crippen LogP) is 4.19. The highest BCUT2D eigenvalue weighted by atomic mass is 16.5. The van der Waals surface area contributed by atoms with Gasteiger partial charge in [-0.2, -0.15) is 0 Å². The van der Waals surface area contributed by atoms with Crippen molar-refractivity contribution >= 4 is 6.29 Å². The number of carbonyl (C=O) groups is 1. The first kappa shape index (κ1) is 14.6. The Morgan fingerprint density at radius 3 is 2.70 bits per heavy atom. The maximum atomic E-state index is 11.2. The Labute approximate surface area is 121 Å². The van der Waals surface area contributed by atoms with E-state index in [2.05, 4.69) is 31.2 Å². The van der Waals surface area contributed by atoms with Gasteiger partial charge in [0.25, 0.3) is 0 Å². The molecule has 0 N–H and O–H groups in total. The number of aryl methyl sites for hydroxylation is 1. The maximum Gasteiger partial charge on any atom is 0.150 e. The van der Waals surface area contributed by atoms with Crippen LogP contribution in [0, 0.1) is 19.8 Å². The Morgan fingerprint density at radius 2 is 2.10 bits per heavy atom. The van der Waals surface area contributed by atoms with Gasteiger partial charge in [-0.15, -0.1) is 0 Å². The highest BCUT2D eigenvalue weighted by molar-refractivity contribution is 5.81. The molecule has 0 unspecified atom stereocenters. The minimum absolute atomic E-state index is 0.440. The van der Waals surface area contributed by atoms with E-state index in [1.54, 1.807) is 0 Å². The lowest BCUT2D eigenvalue weighted by Crippen LogP contribution is -2.12. The molecular weight excluding hydrogens is 248 g/mol. The number of hydrogen-bond acceptors (Lipinski definition) is 2. The molecule has 0 radical (unpaired) electrons. The molecule has 0 aromatic heterocycles. The van der Waals surface area contributed by atoms with Gasteiger partial charge in [0.05, 0.1) is 6.61 Å². The summed E-state index contributed by atoms with van der Waals surface area (Å²) in [6, 6.07) is 2.02. The number of allylic oxidation sites excluding steroid dienone is 3. The number of rotatable bonds is 5. The molecule has 0 fully saturated rings. The summed E-state index contributed by atoms with van der Waals surface area (Å²) in [5.74, 6) is 1.35. The van der Waals surface area contributed by atoms with Crippen molar-refractivity contribution in [3.05, 3.63) is 52.6 Å². The van der Waals surface area contributed by atoms with Crippen LogP contribution in [-0.2, 0) is 6.42 Å². The van der Waals surface area contributed by atoms with Gasteiger partial charge in [-0.25, -0.2) is 0 Å². The smallest absolute Gasteiger partial charge is 0.150 e. The molecule has 0 saturated heterocycles. The Hall–Kier alpha value is -1.83. The first-order chi connectivity index (χ1) is 9.67. The summed E-state index contributed by atoms with van der Waals surface area (Å²) in [4.78, 5) is 11.2. The zero-order valence-electron chi connectivity index (χ0n) is 12.5. The van der Waals surface area contributed by atoms with Crippen molar-refractivity contribution < 1.29 is 9.53 Å². The fourth-order valence-electron chi connectivity index (χ4n) is 2.53. The van der Waals surface area contributed by atoms with Gasteiger partial charge in [0.1, 0.15) is 5.75 Å². The fraction of sp³-hybridized carbons (Fsp3) is 0.389. The van der Waals surface area contributed by atoms with Gasteiger partial charge in [0.2, 0.25) is 0 Å². The summed E-state index contributed by atoms with van der Waals surface area (Å²) < 4.78 is 6.00. The summed E-state index contributed by atoms with van der Waals surface area (Å²) in [5.41, 5.74) is 3.99. The minimum Gasteiger partial charge on any atom is -0.493 e. The molecule has 20 heavy (non-hydrogen) atoms. The molecule has 0 amide bonds. The molecule has 0 saturated carbocycles. The lowest BCUT2D eigenvalue weighted by atomic mass is 9.96. The van der Waals surface area contributed by atoms with E-state index in [0.717, 1.165) is 47.1 Å². The molecule has 0 aliphatic heterocycles. The van der Waals surface area contributed by atoms with Crippen molar-refractivity contribution in [2.24, 2.45) is 5.92 Å². The largest absolute Gasteiger partial charge is 0.493 e. The van der Waals surface area contributed by atoms with Crippen LogP contribution in [0.2, 0.25) is 0 Å². The third kappa shape index (κ3) is 3.01. The molecular formula is C18H22O2. The van der Waals surface area contributed by atoms with Crippen molar-refractivity contribution in [2.45, 2.75) is 33.6 Å². The van der Waals surface area contributed by atoms with Gasteiger partial charge in [0.15, 0.2) is 6.29 Å². The van der Waals surface area contributed by atoms with Crippen molar-refractivity contribution in [1.82, 2.24) is 0 Å². The maximum absolute atomic E-state index is 11.2. The number of ether oxygens (including phenoxy) is 1. The lowest BCUT2D eigenvalue weighted by Gasteiger charge is -2.18. The van der Waals surface area contributed by atoms with Crippen LogP contribution in [0.25, 0.3) is 0 Å². The Balaban J connectivity index is 2.19. The van der Waals surface area contributed by atoms with E-state index in [1.165, 1.54) is 0 Å². The van der Waals surface area contributed by atoms with Crippen LogP contribution in [0.3, 0.4) is 0 Å². The summed E-state index contributed by atoms with van der Waals surface area (Å²) in [7, 11) is 0. The van der Waals surface area contributed by atoms with Gasteiger partial charge in [0, 0.05) is 11.5 Å². The summed E-state index contributed by atoms with van der Waals surface area (Å²) in [6.45, 7) is 6.77. The van der Waals surface area contributed by atoms with E-state index in [9.17, 15) is 4.79 Å². The van der Waals surface area contributed by atoms with Crippen LogP contribution in [0.4, 0.5) is 0 Å². The highest BCUT2D eigenvalue weighted by Crippen LogP contribution is 2.28. The zero-order valence-corrected chi connectivity index (χ0v) is 12.5. The summed E-state index contributed by atoms with van der Waals surface area (Å²) >= 11 is 0. The topological polar surface area (TPSA) is 26.3 Å². The molecule has 1 atom stereocenters. The molecule has 106 valence electrons. The average molecular weight is 270 g/mol. The van der Waals surface area contributed by atoms with Gasteiger partial charge >= 0.3 is 0 Å². The van der Waals surface area contributed by atoms with Crippen LogP contribution in [0.1, 0.15) is 40.4 Å². The van der Waals surface area contributed by atoms with Crippen LogP contribution < -0.4 is 4.74 Å². The van der Waals surface area contributed by atoms with Gasteiger partial charge in [-0.1, -0.05) is 31.2 Å². The lowest BCUT2D eigenvalue weighted by molar-refractivity contribution is 0.112. The van der Waals surface area contributed by atoms with E-state index in [-0.39, 0.29) is 0 Å². The molecule has 1 aliphatic rings. The number of hydrogen-bond donors (Lipinski definition) is 0. The van der Waals surface area contributed by atoms with Crippen LogP contribution >= 0.6 is 0 Å². The van der Waals surface area contributed by atoms with E-state index in [4.69, 9.17) is 4.74 Å². The third-order valence-electron chi connectivity index (χ3n) is 4.01. The zero-order chi connectivity index (χ0) is 14.5. The molecule has 1 aliphatic carbocycles. The molecule has 1 aromatic carbocycles. The SMILES string of the molecule is CCc1cc(OC[C@H]2C=CC=CC2)c(C)c(C)c1C=O. The normalized spacial score (nSPS) is 17.2. The van der Waals surface area contributed by atoms with E-state index in [0.29, 0.717) is 12.5 Å². The second-order valence-electron chi connectivity index (χ2n) is 5.29. The molecule has 0 spiro atoms. The van der Waals surface area contributed by atoms with Crippen LogP contribution in [0.5, 0.6) is 5.75 Å². The Morgan fingerprint density at radius 1 is 1.30 bits per heavy atom. The van der Waals surface area contributed by atoms with Gasteiger partial charge < -0.3 is 4.74 Å². The molecule has 2 heteroatoms. The first-order valence-electron chi connectivity index (χ1n) is 7.21. The quantitative estimate of drug-likeness (QED) is 0.750. The summed E-state index contributed by atoms with van der Waals surface area (Å²) in [5, 5.41) is 0. The van der Waals surface area contributed by atoms with Gasteiger partial charge in [-0.3, -0.25) is 4.79 Å². The summed E-state index contributed by atoms with van der Waals surface area (Å²) in [6.07, 6.45) is 11.3. The second kappa shape index (κ2) is 6.56. The minimum atomic E-state index is 0.440.